The molecule has 1 aliphatic carbocycles. The van der Waals surface area contributed by atoms with Gasteiger partial charge in [-0.2, -0.15) is 0 Å². The third-order valence-electron chi connectivity index (χ3n) is 3.79. The molecule has 2 atom stereocenters. The molecule has 1 amide bonds. The van der Waals surface area contributed by atoms with Crippen LogP contribution in [0.1, 0.15) is 32.6 Å². The van der Waals surface area contributed by atoms with Crippen molar-refractivity contribution in [2.24, 2.45) is 5.73 Å². The van der Waals surface area contributed by atoms with Crippen LogP contribution in [0.2, 0.25) is 0 Å². The Morgan fingerprint density at radius 2 is 2.40 bits per heavy atom. The smallest absolute Gasteiger partial charge is 0.237 e. The summed E-state index contributed by atoms with van der Waals surface area (Å²) in [5.41, 5.74) is 5.00. The van der Waals surface area contributed by atoms with Crippen LogP contribution in [0.4, 0.5) is 4.39 Å². The zero-order chi connectivity index (χ0) is 14.6. The van der Waals surface area contributed by atoms with Gasteiger partial charge in [-0.3, -0.25) is 4.79 Å². The summed E-state index contributed by atoms with van der Waals surface area (Å²) in [4.78, 5) is 12.7. The number of amides is 1. The molecular formula is C15H21FN2OS. The number of thioether (sulfide) groups is 1. The van der Waals surface area contributed by atoms with Crippen molar-refractivity contribution in [3.05, 3.63) is 30.1 Å². The van der Waals surface area contributed by atoms with Crippen molar-refractivity contribution in [2.45, 2.75) is 48.3 Å². The lowest BCUT2D eigenvalue weighted by atomic mass is 9.80. The molecule has 0 bridgehead atoms. The van der Waals surface area contributed by atoms with Gasteiger partial charge in [-0.15, -0.1) is 11.8 Å². The molecule has 1 aromatic rings. The molecule has 0 heterocycles. The summed E-state index contributed by atoms with van der Waals surface area (Å²) in [6.45, 7) is 2.70. The Hall–Kier alpha value is -1.07. The van der Waals surface area contributed by atoms with Crippen molar-refractivity contribution in [1.29, 1.82) is 0 Å². The molecule has 20 heavy (non-hydrogen) atoms. The Labute approximate surface area is 123 Å². The largest absolute Gasteiger partial charge is 0.368 e. The molecule has 2 rings (SSSR count). The van der Waals surface area contributed by atoms with E-state index in [1.165, 1.54) is 6.07 Å². The van der Waals surface area contributed by atoms with Crippen LogP contribution in [0.15, 0.2) is 29.2 Å². The quantitative estimate of drug-likeness (QED) is 0.878. The highest BCUT2D eigenvalue weighted by Crippen LogP contribution is 2.38. The first-order valence-electron chi connectivity index (χ1n) is 7.03. The van der Waals surface area contributed by atoms with Gasteiger partial charge in [-0.25, -0.2) is 4.39 Å². The third-order valence-corrected chi connectivity index (χ3v) is 5.05. The third kappa shape index (κ3) is 3.52. The zero-order valence-corrected chi connectivity index (χ0v) is 12.5. The van der Waals surface area contributed by atoms with E-state index < -0.39 is 5.54 Å². The van der Waals surface area contributed by atoms with Gasteiger partial charge in [0.1, 0.15) is 5.82 Å². The highest BCUT2D eigenvalue weighted by atomic mass is 32.2. The Balaban J connectivity index is 2.08. The van der Waals surface area contributed by atoms with Crippen molar-refractivity contribution in [3.63, 3.8) is 0 Å². The summed E-state index contributed by atoms with van der Waals surface area (Å²) in [6.07, 6.45) is 3.48. The maximum Gasteiger partial charge on any atom is 0.237 e. The second-order valence-corrected chi connectivity index (χ2v) is 6.64. The Morgan fingerprint density at radius 1 is 1.60 bits per heavy atom. The molecule has 0 radical (unpaired) electrons. The van der Waals surface area contributed by atoms with Gasteiger partial charge in [-0.1, -0.05) is 13.0 Å². The number of carbonyl (C=O) groups is 1. The average molecular weight is 296 g/mol. The van der Waals surface area contributed by atoms with Crippen LogP contribution in [0.5, 0.6) is 0 Å². The standard InChI is InChI=1S/C15H21FN2OS/c1-2-18-15(14(17)19)8-4-7-13(10-15)20-12-6-3-5-11(16)9-12/h3,5-6,9,13,18H,2,4,7-8,10H2,1H3,(H2,17,19). The summed E-state index contributed by atoms with van der Waals surface area (Å²) < 4.78 is 13.2. The fourth-order valence-electron chi connectivity index (χ4n) is 2.87. The predicted octanol–water partition coefficient (Wildman–Crippen LogP) is 2.69. The molecule has 0 spiro atoms. The number of likely N-dealkylation sites (N-methyl/N-ethyl adjacent to an activating group) is 1. The maximum absolute atomic E-state index is 13.2. The topological polar surface area (TPSA) is 55.1 Å². The lowest BCUT2D eigenvalue weighted by Crippen LogP contribution is -2.58. The first-order chi connectivity index (χ1) is 9.55. The van der Waals surface area contributed by atoms with Crippen LogP contribution < -0.4 is 11.1 Å². The van der Waals surface area contributed by atoms with Crippen LogP contribution in [0, 0.1) is 5.82 Å². The monoisotopic (exact) mass is 296 g/mol. The van der Waals surface area contributed by atoms with E-state index in [2.05, 4.69) is 5.32 Å². The average Bonchev–Trinajstić information content (AvgIpc) is 2.39. The number of hydrogen-bond acceptors (Lipinski definition) is 3. The van der Waals surface area contributed by atoms with Crippen molar-refractivity contribution >= 4 is 17.7 Å². The highest BCUT2D eigenvalue weighted by molar-refractivity contribution is 8.00. The molecule has 0 aliphatic heterocycles. The summed E-state index contributed by atoms with van der Waals surface area (Å²) in [7, 11) is 0. The minimum Gasteiger partial charge on any atom is -0.368 e. The van der Waals surface area contributed by atoms with Crippen molar-refractivity contribution in [1.82, 2.24) is 5.32 Å². The summed E-state index contributed by atoms with van der Waals surface area (Å²) >= 11 is 1.64. The van der Waals surface area contributed by atoms with E-state index in [1.54, 1.807) is 23.9 Å². The van der Waals surface area contributed by atoms with Crippen molar-refractivity contribution < 1.29 is 9.18 Å². The molecular weight excluding hydrogens is 275 g/mol. The zero-order valence-electron chi connectivity index (χ0n) is 11.7. The number of halogens is 1. The van der Waals surface area contributed by atoms with E-state index in [0.29, 0.717) is 6.42 Å². The molecule has 2 unspecified atom stereocenters. The van der Waals surface area contributed by atoms with Crippen LogP contribution >= 0.6 is 11.8 Å². The molecule has 5 heteroatoms. The predicted molar refractivity (Wildman–Crippen MR) is 80.1 cm³/mol. The van der Waals surface area contributed by atoms with Gasteiger partial charge in [0.05, 0.1) is 5.54 Å². The number of carbonyl (C=O) groups excluding carboxylic acids is 1. The molecule has 3 nitrogen and oxygen atoms in total. The fourth-order valence-corrected chi connectivity index (χ4v) is 4.24. The first kappa shape index (κ1) is 15.3. The number of rotatable bonds is 5. The fraction of sp³-hybridized carbons (Fsp3) is 0.533. The minimum atomic E-state index is -0.599. The summed E-state index contributed by atoms with van der Waals surface area (Å²) in [5, 5.41) is 3.55. The van der Waals surface area contributed by atoms with Gasteiger partial charge in [0.25, 0.3) is 0 Å². The minimum absolute atomic E-state index is 0.223. The van der Waals surface area contributed by atoms with Crippen LogP contribution in [-0.2, 0) is 4.79 Å². The number of primary amides is 1. The lowest BCUT2D eigenvalue weighted by Gasteiger charge is -2.38. The summed E-state index contributed by atoms with van der Waals surface area (Å²) in [6, 6.07) is 6.60. The van der Waals surface area contributed by atoms with Crippen molar-refractivity contribution in [2.75, 3.05) is 6.54 Å². The Kier molecular flexibility index (Phi) is 5.05. The number of hydrogen-bond donors (Lipinski definition) is 2. The lowest BCUT2D eigenvalue weighted by molar-refractivity contribution is -0.125. The SMILES string of the molecule is CCNC1(C(N)=O)CCCC(Sc2cccc(F)c2)C1. The first-order valence-corrected chi connectivity index (χ1v) is 7.91. The molecule has 110 valence electrons. The molecule has 0 aromatic heterocycles. The van der Waals surface area contributed by atoms with E-state index in [-0.39, 0.29) is 17.0 Å². The van der Waals surface area contributed by atoms with Gasteiger partial charge in [0.15, 0.2) is 0 Å². The van der Waals surface area contributed by atoms with Crippen LogP contribution in [-0.4, -0.2) is 23.2 Å². The number of benzene rings is 1. The molecule has 1 fully saturated rings. The highest BCUT2D eigenvalue weighted by Gasteiger charge is 2.40. The van der Waals surface area contributed by atoms with E-state index in [4.69, 9.17) is 5.73 Å². The molecule has 3 N–H and O–H groups in total. The van der Waals surface area contributed by atoms with Gasteiger partial charge < -0.3 is 11.1 Å². The van der Waals surface area contributed by atoms with Gasteiger partial charge in [-0.05, 0) is 50.4 Å². The number of nitrogens with two attached hydrogens (primary N) is 1. The molecule has 0 saturated heterocycles. The van der Waals surface area contributed by atoms with E-state index in [0.717, 1.165) is 30.7 Å². The van der Waals surface area contributed by atoms with E-state index >= 15 is 0 Å². The van der Waals surface area contributed by atoms with Crippen molar-refractivity contribution in [3.8, 4) is 0 Å². The van der Waals surface area contributed by atoms with Crippen LogP contribution in [0.3, 0.4) is 0 Å². The normalized spacial score (nSPS) is 26.4. The molecule has 1 aliphatic rings. The number of nitrogens with one attached hydrogen (secondary N) is 1. The van der Waals surface area contributed by atoms with Gasteiger partial charge in [0.2, 0.25) is 5.91 Å². The Morgan fingerprint density at radius 3 is 3.05 bits per heavy atom. The van der Waals surface area contributed by atoms with Crippen LogP contribution in [0.25, 0.3) is 0 Å². The second kappa shape index (κ2) is 6.59. The maximum atomic E-state index is 13.2. The van der Waals surface area contributed by atoms with Gasteiger partial charge >= 0.3 is 0 Å². The molecule has 1 saturated carbocycles. The second-order valence-electron chi connectivity index (χ2n) is 5.27. The van der Waals surface area contributed by atoms with Gasteiger partial charge in [0, 0.05) is 10.1 Å². The van der Waals surface area contributed by atoms with E-state index in [1.807, 2.05) is 13.0 Å². The Bertz CT molecular complexity index is 479. The molecule has 1 aromatic carbocycles. The van der Waals surface area contributed by atoms with E-state index in [9.17, 15) is 9.18 Å². The summed E-state index contributed by atoms with van der Waals surface area (Å²) in [5.74, 6) is -0.498.